The first-order valence-corrected chi connectivity index (χ1v) is 5.14. The van der Waals surface area contributed by atoms with Crippen LogP contribution in [-0.2, 0) is 4.74 Å². The molecule has 0 aromatic heterocycles. The van der Waals surface area contributed by atoms with Gasteiger partial charge < -0.3 is 9.84 Å². The lowest BCUT2D eigenvalue weighted by atomic mass is 10.3. The molecule has 0 aliphatic heterocycles. The van der Waals surface area contributed by atoms with Gasteiger partial charge in [0.05, 0.1) is 11.8 Å². The molecule has 0 saturated carbocycles. The fraction of sp³-hybridized carbons (Fsp3) is 0.364. The number of para-hydroxylation sites is 1. The minimum atomic E-state index is -0.614. The number of hydrazine groups is 1. The number of carbonyl (C=O) groups excluding carboxylic acids is 1. The number of amides is 1. The number of carbonyl (C=O) groups is 1. The molecule has 0 bridgehead atoms. The fourth-order valence-electron chi connectivity index (χ4n) is 0.971. The number of hydrogen-bond donors (Lipinski definition) is 3. The summed E-state index contributed by atoms with van der Waals surface area (Å²) in [6, 6.07) is 9.18. The van der Waals surface area contributed by atoms with Crippen LogP contribution in [0.1, 0.15) is 13.3 Å². The van der Waals surface area contributed by atoms with Gasteiger partial charge >= 0.3 is 6.09 Å². The van der Waals surface area contributed by atoms with Crippen molar-refractivity contribution in [3.8, 4) is 0 Å². The van der Waals surface area contributed by atoms with Crippen LogP contribution in [0.4, 0.5) is 10.5 Å². The maximum Gasteiger partial charge on any atom is 0.426 e. The molecule has 0 aliphatic rings. The Hall–Kier alpha value is -1.75. The first-order valence-electron chi connectivity index (χ1n) is 5.14. The number of aliphatic hydroxyl groups is 1. The minimum Gasteiger partial charge on any atom is -0.446 e. The van der Waals surface area contributed by atoms with Gasteiger partial charge in [-0.05, 0) is 18.6 Å². The molecule has 1 amide bonds. The molecule has 88 valence electrons. The van der Waals surface area contributed by atoms with Gasteiger partial charge in [0, 0.05) is 0 Å². The highest BCUT2D eigenvalue weighted by Crippen LogP contribution is 2.02. The highest BCUT2D eigenvalue weighted by molar-refractivity contribution is 5.69. The molecule has 1 aromatic rings. The summed E-state index contributed by atoms with van der Waals surface area (Å²) in [5.41, 5.74) is 5.80. The lowest BCUT2D eigenvalue weighted by Crippen LogP contribution is -2.32. The van der Waals surface area contributed by atoms with Crippen LogP contribution >= 0.6 is 0 Å². The van der Waals surface area contributed by atoms with E-state index in [1.54, 1.807) is 12.1 Å². The molecule has 1 rings (SSSR count). The van der Waals surface area contributed by atoms with E-state index >= 15 is 0 Å². The zero-order valence-electron chi connectivity index (χ0n) is 9.14. The van der Waals surface area contributed by atoms with Gasteiger partial charge in [0.1, 0.15) is 6.61 Å². The summed E-state index contributed by atoms with van der Waals surface area (Å²) in [6.45, 7) is 1.81. The van der Waals surface area contributed by atoms with Crippen LogP contribution in [0, 0.1) is 0 Å². The van der Waals surface area contributed by atoms with Crippen molar-refractivity contribution in [3.63, 3.8) is 0 Å². The summed E-state index contributed by atoms with van der Waals surface area (Å²) in [5, 5.41) is 9.17. The monoisotopic (exact) mass is 224 g/mol. The number of hydrogen-bond acceptors (Lipinski definition) is 4. The topological polar surface area (TPSA) is 70.6 Å². The van der Waals surface area contributed by atoms with Crippen LogP contribution in [0.25, 0.3) is 0 Å². The Morgan fingerprint density at radius 2 is 2.12 bits per heavy atom. The summed E-state index contributed by atoms with van der Waals surface area (Å²) in [7, 11) is 0. The van der Waals surface area contributed by atoms with Crippen molar-refractivity contribution in [1.82, 2.24) is 5.43 Å². The number of nitrogens with one attached hydrogen (secondary N) is 2. The first kappa shape index (κ1) is 12.3. The van der Waals surface area contributed by atoms with Crippen LogP contribution < -0.4 is 10.9 Å². The molecule has 3 N–H and O–H groups in total. The van der Waals surface area contributed by atoms with E-state index in [9.17, 15) is 4.79 Å². The van der Waals surface area contributed by atoms with E-state index in [0.717, 1.165) is 5.69 Å². The molecule has 1 unspecified atom stereocenters. The molecule has 0 heterocycles. The van der Waals surface area contributed by atoms with E-state index in [4.69, 9.17) is 9.84 Å². The lowest BCUT2D eigenvalue weighted by molar-refractivity contribution is 0.0673. The van der Waals surface area contributed by atoms with E-state index in [0.29, 0.717) is 6.42 Å². The van der Waals surface area contributed by atoms with Gasteiger partial charge in [-0.3, -0.25) is 5.43 Å². The van der Waals surface area contributed by atoms with Crippen LogP contribution in [-0.4, -0.2) is 23.9 Å². The third kappa shape index (κ3) is 4.65. The van der Waals surface area contributed by atoms with Crippen LogP contribution in [0.5, 0.6) is 0 Å². The van der Waals surface area contributed by atoms with Crippen molar-refractivity contribution in [3.05, 3.63) is 30.3 Å². The van der Waals surface area contributed by atoms with E-state index < -0.39 is 12.2 Å². The van der Waals surface area contributed by atoms with Crippen molar-refractivity contribution >= 4 is 11.8 Å². The maximum atomic E-state index is 11.1. The Bertz CT molecular complexity index is 316. The third-order valence-electron chi connectivity index (χ3n) is 1.96. The first-order chi connectivity index (χ1) is 7.72. The maximum absolute atomic E-state index is 11.1. The number of anilines is 1. The molecular formula is C11H16N2O3. The molecule has 16 heavy (non-hydrogen) atoms. The predicted octanol–water partition coefficient (Wildman–Crippen LogP) is 1.51. The zero-order chi connectivity index (χ0) is 11.8. The molecule has 5 heteroatoms. The molecule has 5 nitrogen and oxygen atoms in total. The third-order valence-corrected chi connectivity index (χ3v) is 1.96. The standard InChI is InChI=1S/C11H16N2O3/c1-2-10(14)8-16-11(15)13-12-9-6-4-3-5-7-9/h3-7,10,12,14H,2,8H2,1H3,(H,13,15). The molecule has 0 aliphatic carbocycles. The van der Waals surface area contributed by atoms with Gasteiger partial charge in [0.15, 0.2) is 0 Å². The van der Waals surface area contributed by atoms with Crippen molar-refractivity contribution in [2.75, 3.05) is 12.0 Å². The highest BCUT2D eigenvalue weighted by atomic mass is 16.6. The Kier molecular flexibility index (Phi) is 5.15. The summed E-state index contributed by atoms with van der Waals surface area (Å²) in [6.07, 6.45) is -0.668. The van der Waals surface area contributed by atoms with Crippen LogP contribution in [0.3, 0.4) is 0 Å². The predicted molar refractivity (Wildman–Crippen MR) is 60.8 cm³/mol. The lowest BCUT2D eigenvalue weighted by Gasteiger charge is -2.11. The second-order valence-corrected chi connectivity index (χ2v) is 3.28. The molecule has 1 atom stereocenters. The quantitative estimate of drug-likeness (QED) is 0.663. The van der Waals surface area contributed by atoms with Crippen molar-refractivity contribution in [1.29, 1.82) is 0 Å². The van der Waals surface area contributed by atoms with E-state index in [1.807, 2.05) is 25.1 Å². The number of benzene rings is 1. The van der Waals surface area contributed by atoms with Crippen LogP contribution in [0.15, 0.2) is 30.3 Å². The SMILES string of the molecule is CCC(O)COC(=O)NNc1ccccc1. The van der Waals surface area contributed by atoms with Gasteiger partial charge in [0.2, 0.25) is 0 Å². The summed E-state index contributed by atoms with van der Waals surface area (Å²) in [4.78, 5) is 11.1. The second kappa shape index (κ2) is 6.68. The van der Waals surface area contributed by atoms with Crippen molar-refractivity contribution in [2.24, 2.45) is 0 Å². The average Bonchev–Trinajstić information content (AvgIpc) is 2.34. The highest BCUT2D eigenvalue weighted by Gasteiger charge is 2.05. The van der Waals surface area contributed by atoms with Crippen LogP contribution in [0.2, 0.25) is 0 Å². The number of ether oxygens (including phenoxy) is 1. The minimum absolute atomic E-state index is 0.00119. The Labute approximate surface area is 94.4 Å². The smallest absolute Gasteiger partial charge is 0.426 e. The second-order valence-electron chi connectivity index (χ2n) is 3.28. The molecule has 0 spiro atoms. The van der Waals surface area contributed by atoms with Gasteiger partial charge in [-0.25, -0.2) is 10.2 Å². The number of aliphatic hydroxyl groups excluding tert-OH is 1. The Balaban J connectivity index is 2.20. The Morgan fingerprint density at radius 3 is 2.75 bits per heavy atom. The number of rotatable bonds is 5. The summed E-state index contributed by atoms with van der Waals surface area (Å²) < 4.78 is 4.75. The molecule has 0 fully saturated rings. The molecule has 0 radical (unpaired) electrons. The molecular weight excluding hydrogens is 208 g/mol. The van der Waals surface area contributed by atoms with E-state index in [-0.39, 0.29) is 6.61 Å². The van der Waals surface area contributed by atoms with Gasteiger partial charge in [-0.2, -0.15) is 0 Å². The molecule has 0 saturated heterocycles. The molecule has 1 aromatic carbocycles. The fourth-order valence-corrected chi connectivity index (χ4v) is 0.971. The van der Waals surface area contributed by atoms with E-state index in [1.165, 1.54) is 0 Å². The Morgan fingerprint density at radius 1 is 1.44 bits per heavy atom. The van der Waals surface area contributed by atoms with Crippen molar-refractivity contribution in [2.45, 2.75) is 19.4 Å². The van der Waals surface area contributed by atoms with Crippen molar-refractivity contribution < 1.29 is 14.6 Å². The average molecular weight is 224 g/mol. The summed E-state index contributed by atoms with van der Waals surface area (Å²) in [5.74, 6) is 0. The van der Waals surface area contributed by atoms with Gasteiger partial charge in [-0.15, -0.1) is 0 Å². The zero-order valence-corrected chi connectivity index (χ0v) is 9.14. The summed E-state index contributed by atoms with van der Waals surface area (Å²) >= 11 is 0. The van der Waals surface area contributed by atoms with E-state index in [2.05, 4.69) is 10.9 Å². The van der Waals surface area contributed by atoms with Gasteiger partial charge in [0.25, 0.3) is 0 Å². The van der Waals surface area contributed by atoms with Gasteiger partial charge in [-0.1, -0.05) is 25.1 Å². The normalized spacial score (nSPS) is 11.6. The largest absolute Gasteiger partial charge is 0.446 e.